The van der Waals surface area contributed by atoms with E-state index in [-0.39, 0.29) is 5.91 Å². The number of rotatable bonds is 6. The molecule has 1 amide bonds. The zero-order valence-electron chi connectivity index (χ0n) is 15.0. The molecule has 1 aromatic carbocycles. The molecule has 0 radical (unpaired) electrons. The fourth-order valence-corrected chi connectivity index (χ4v) is 3.96. The first-order valence-electron chi connectivity index (χ1n) is 9.08. The second-order valence-corrected chi connectivity index (χ2v) is 7.74. The predicted molar refractivity (Wildman–Crippen MR) is 102 cm³/mol. The zero-order chi connectivity index (χ0) is 17.8. The maximum Gasteiger partial charge on any atom is 0.222 e. The molecule has 25 heavy (non-hydrogen) atoms. The molecule has 1 fully saturated rings. The van der Waals surface area contributed by atoms with Gasteiger partial charge >= 0.3 is 0 Å². The number of carbonyl (C=O) groups is 1. The first kappa shape index (κ1) is 18.2. The van der Waals surface area contributed by atoms with Crippen LogP contribution < -0.4 is 5.32 Å². The average molecular weight is 363 g/mol. The zero-order valence-corrected chi connectivity index (χ0v) is 15.8. The molecule has 5 nitrogen and oxygen atoms in total. The van der Waals surface area contributed by atoms with Crippen LogP contribution in [0.2, 0.25) is 5.02 Å². The second kappa shape index (κ2) is 8.19. The van der Waals surface area contributed by atoms with Crippen LogP contribution >= 0.6 is 11.6 Å². The Bertz CT molecular complexity index is 727. The second-order valence-electron chi connectivity index (χ2n) is 7.30. The van der Waals surface area contributed by atoms with Gasteiger partial charge in [-0.25, -0.2) is 0 Å². The predicted octanol–water partition coefficient (Wildman–Crippen LogP) is 3.32. The fourth-order valence-electron chi connectivity index (χ4n) is 3.79. The summed E-state index contributed by atoms with van der Waals surface area (Å²) in [5.74, 6) is 0.665. The summed E-state index contributed by atoms with van der Waals surface area (Å²) < 4.78 is 1.86. The number of nitrogens with zero attached hydrogens (tertiary/aromatic N) is 3. The van der Waals surface area contributed by atoms with Gasteiger partial charge in [-0.15, -0.1) is 0 Å². The third kappa shape index (κ3) is 4.73. The number of nitrogens with one attached hydrogen (secondary N) is 1. The standard InChI is InChI=1S/C19H27ClN4O/c1-23(2)13-15-5-3-4-6-17(15)22-19(25)9-10-24-18-11-16(20)8-7-14(18)12-21-24/h7-8,11-12,15,17H,3-6,9-10,13H2,1-2H3,(H,22,25)/t15-,17-/m0/s1. The van der Waals surface area contributed by atoms with E-state index in [2.05, 4.69) is 29.4 Å². The lowest BCUT2D eigenvalue weighted by atomic mass is 9.84. The Morgan fingerprint density at radius 3 is 2.96 bits per heavy atom. The van der Waals surface area contributed by atoms with Crippen LogP contribution in [0, 0.1) is 5.92 Å². The van der Waals surface area contributed by atoms with E-state index in [1.54, 1.807) is 0 Å². The van der Waals surface area contributed by atoms with Gasteiger partial charge in [0.1, 0.15) is 0 Å². The number of fused-ring (bicyclic) bond motifs is 1. The third-order valence-corrected chi connectivity index (χ3v) is 5.25. The number of benzene rings is 1. The lowest BCUT2D eigenvalue weighted by Crippen LogP contribution is -2.45. The van der Waals surface area contributed by atoms with E-state index in [9.17, 15) is 4.79 Å². The number of halogens is 1. The molecule has 0 unspecified atom stereocenters. The lowest BCUT2D eigenvalue weighted by molar-refractivity contribution is -0.122. The van der Waals surface area contributed by atoms with Gasteiger partial charge in [-0.05, 0) is 51.1 Å². The Balaban J connectivity index is 1.57. The van der Waals surface area contributed by atoms with Crippen LogP contribution in [0.4, 0.5) is 0 Å². The van der Waals surface area contributed by atoms with Crippen molar-refractivity contribution in [3.63, 3.8) is 0 Å². The van der Waals surface area contributed by atoms with Gasteiger partial charge in [0.2, 0.25) is 5.91 Å². The van der Waals surface area contributed by atoms with Crippen molar-refractivity contribution in [3.8, 4) is 0 Å². The molecule has 1 aromatic heterocycles. The number of hydrogen-bond acceptors (Lipinski definition) is 3. The van der Waals surface area contributed by atoms with E-state index in [4.69, 9.17) is 11.6 Å². The molecule has 1 saturated carbocycles. The van der Waals surface area contributed by atoms with Gasteiger partial charge in [0.15, 0.2) is 0 Å². The molecule has 6 heteroatoms. The van der Waals surface area contributed by atoms with Crippen molar-refractivity contribution in [1.29, 1.82) is 0 Å². The van der Waals surface area contributed by atoms with Gasteiger partial charge in [0.05, 0.1) is 18.3 Å². The molecular weight excluding hydrogens is 336 g/mol. The largest absolute Gasteiger partial charge is 0.353 e. The number of aryl methyl sites for hydroxylation is 1. The van der Waals surface area contributed by atoms with Crippen LogP contribution in [0.15, 0.2) is 24.4 Å². The quantitative estimate of drug-likeness (QED) is 0.857. The Labute approximate surface area is 154 Å². The first-order chi connectivity index (χ1) is 12.0. The molecule has 0 aliphatic heterocycles. The minimum atomic E-state index is 0.112. The highest BCUT2D eigenvalue weighted by Gasteiger charge is 2.26. The van der Waals surface area contributed by atoms with Crippen molar-refractivity contribution in [1.82, 2.24) is 20.0 Å². The molecule has 2 atom stereocenters. The monoisotopic (exact) mass is 362 g/mol. The molecule has 1 heterocycles. The van der Waals surface area contributed by atoms with Crippen LogP contribution in [-0.2, 0) is 11.3 Å². The third-order valence-electron chi connectivity index (χ3n) is 5.01. The summed E-state index contributed by atoms with van der Waals surface area (Å²) in [5, 5.41) is 9.38. The summed E-state index contributed by atoms with van der Waals surface area (Å²) >= 11 is 6.07. The topological polar surface area (TPSA) is 50.2 Å². The van der Waals surface area contributed by atoms with Crippen molar-refractivity contribution < 1.29 is 4.79 Å². The molecular formula is C19H27ClN4O. The van der Waals surface area contributed by atoms with Gasteiger partial charge in [-0.2, -0.15) is 5.10 Å². The van der Waals surface area contributed by atoms with E-state index >= 15 is 0 Å². The van der Waals surface area contributed by atoms with Gasteiger partial charge in [-0.3, -0.25) is 9.48 Å². The maximum absolute atomic E-state index is 12.4. The summed E-state index contributed by atoms with van der Waals surface area (Å²) in [7, 11) is 4.20. The van der Waals surface area contributed by atoms with Crippen LogP contribution in [0.1, 0.15) is 32.1 Å². The Hall–Kier alpha value is -1.59. The van der Waals surface area contributed by atoms with Gasteiger partial charge in [0.25, 0.3) is 0 Å². The SMILES string of the molecule is CN(C)C[C@@H]1CCCC[C@@H]1NC(=O)CCn1ncc2ccc(Cl)cc21. The molecule has 1 N–H and O–H groups in total. The average Bonchev–Trinajstić information content (AvgIpc) is 2.96. The number of aromatic nitrogens is 2. The molecule has 1 aliphatic rings. The van der Waals surface area contributed by atoms with E-state index in [1.165, 1.54) is 19.3 Å². The molecule has 0 spiro atoms. The van der Waals surface area contributed by atoms with Crippen molar-refractivity contribution >= 4 is 28.4 Å². The molecule has 2 aromatic rings. The number of amides is 1. The van der Waals surface area contributed by atoms with Gasteiger partial charge < -0.3 is 10.2 Å². The maximum atomic E-state index is 12.4. The van der Waals surface area contributed by atoms with Crippen LogP contribution in [0.5, 0.6) is 0 Å². The summed E-state index contributed by atoms with van der Waals surface area (Å²) in [6, 6.07) is 6.01. The van der Waals surface area contributed by atoms with Crippen LogP contribution in [0.3, 0.4) is 0 Å². The van der Waals surface area contributed by atoms with Crippen molar-refractivity contribution in [2.45, 2.75) is 44.7 Å². The highest BCUT2D eigenvalue weighted by molar-refractivity contribution is 6.31. The van der Waals surface area contributed by atoms with Crippen molar-refractivity contribution in [2.75, 3.05) is 20.6 Å². The van der Waals surface area contributed by atoms with E-state index in [0.717, 1.165) is 23.9 Å². The molecule has 3 rings (SSSR count). The Kier molecular flexibility index (Phi) is 5.97. The molecule has 136 valence electrons. The Morgan fingerprint density at radius 2 is 2.16 bits per heavy atom. The number of hydrogen-bond donors (Lipinski definition) is 1. The summed E-state index contributed by atoms with van der Waals surface area (Å²) in [4.78, 5) is 14.7. The summed E-state index contributed by atoms with van der Waals surface area (Å²) in [6.45, 7) is 1.61. The van der Waals surface area contributed by atoms with Crippen molar-refractivity contribution in [3.05, 3.63) is 29.4 Å². The normalized spacial score (nSPS) is 21.0. The molecule has 0 saturated heterocycles. The number of carbonyl (C=O) groups excluding carboxylic acids is 1. The Morgan fingerprint density at radius 1 is 1.36 bits per heavy atom. The smallest absolute Gasteiger partial charge is 0.222 e. The summed E-state index contributed by atoms with van der Waals surface area (Å²) in [6.07, 6.45) is 7.02. The van der Waals surface area contributed by atoms with Crippen LogP contribution in [0.25, 0.3) is 10.9 Å². The summed E-state index contributed by atoms with van der Waals surface area (Å²) in [5.41, 5.74) is 0.975. The van der Waals surface area contributed by atoms with E-state index in [1.807, 2.05) is 29.1 Å². The molecule has 1 aliphatic carbocycles. The fraction of sp³-hybridized carbons (Fsp3) is 0.579. The van der Waals surface area contributed by atoms with E-state index < -0.39 is 0 Å². The first-order valence-corrected chi connectivity index (χ1v) is 9.46. The van der Waals surface area contributed by atoms with Crippen molar-refractivity contribution in [2.24, 2.45) is 5.92 Å². The van der Waals surface area contributed by atoms with Crippen LogP contribution in [-0.4, -0.2) is 47.3 Å². The molecule has 0 bridgehead atoms. The highest BCUT2D eigenvalue weighted by atomic mass is 35.5. The van der Waals surface area contributed by atoms with Gasteiger partial charge in [-0.1, -0.05) is 24.4 Å². The minimum Gasteiger partial charge on any atom is -0.353 e. The van der Waals surface area contributed by atoms with Gasteiger partial charge in [0, 0.05) is 29.4 Å². The van der Waals surface area contributed by atoms with E-state index in [0.29, 0.717) is 29.9 Å². The lowest BCUT2D eigenvalue weighted by Gasteiger charge is -2.34. The minimum absolute atomic E-state index is 0.112. The highest BCUT2D eigenvalue weighted by Crippen LogP contribution is 2.25.